The van der Waals surface area contributed by atoms with Gasteiger partial charge in [0.1, 0.15) is 0 Å². The average Bonchev–Trinajstić information content (AvgIpc) is 2.46. The van der Waals surface area contributed by atoms with Gasteiger partial charge in [0.05, 0.1) is 10.5 Å². The summed E-state index contributed by atoms with van der Waals surface area (Å²) < 4.78 is 23.4. The highest BCUT2D eigenvalue weighted by Crippen LogP contribution is 2.26. The van der Waals surface area contributed by atoms with Crippen LogP contribution in [-0.4, -0.2) is 32.3 Å². The number of carbonyl (C=O) groups excluding carboxylic acids is 1. The fourth-order valence-electron chi connectivity index (χ4n) is 2.67. The molecule has 1 aliphatic rings. The third kappa shape index (κ3) is 3.84. The molecule has 7 heteroatoms. The summed E-state index contributed by atoms with van der Waals surface area (Å²) >= 11 is 3.31. The normalized spacial score (nSPS) is 16.7. The predicted molar refractivity (Wildman–Crippen MR) is 84.5 cm³/mol. The molecule has 1 saturated carbocycles. The van der Waals surface area contributed by atoms with Gasteiger partial charge < -0.3 is 4.90 Å². The van der Waals surface area contributed by atoms with Crippen molar-refractivity contribution < 1.29 is 13.2 Å². The molecule has 1 fully saturated rings. The highest BCUT2D eigenvalue weighted by molar-refractivity contribution is 9.10. The number of sulfonamides is 1. The van der Waals surface area contributed by atoms with Crippen molar-refractivity contribution >= 4 is 31.9 Å². The zero-order valence-electron chi connectivity index (χ0n) is 11.9. The fourth-order valence-corrected chi connectivity index (χ4v) is 3.63. The van der Waals surface area contributed by atoms with E-state index >= 15 is 0 Å². The van der Waals surface area contributed by atoms with Crippen LogP contribution in [0, 0.1) is 0 Å². The number of primary sulfonamides is 1. The first-order valence-electron chi connectivity index (χ1n) is 6.90. The van der Waals surface area contributed by atoms with Crippen LogP contribution >= 0.6 is 15.9 Å². The van der Waals surface area contributed by atoms with E-state index in [4.69, 9.17) is 5.14 Å². The van der Waals surface area contributed by atoms with E-state index < -0.39 is 10.0 Å². The first kappa shape index (κ1) is 16.5. The van der Waals surface area contributed by atoms with Gasteiger partial charge in [0.15, 0.2) is 0 Å². The lowest BCUT2D eigenvalue weighted by Crippen LogP contribution is -2.38. The van der Waals surface area contributed by atoms with Gasteiger partial charge >= 0.3 is 0 Å². The standard InChI is InChI=1S/C14H19BrN2O3S/c1-17(10-5-3-2-4-6-10)14(18)12-9-11(21(16,19)20)7-8-13(12)15/h7-10H,2-6H2,1H3,(H2,16,19,20). The molecule has 21 heavy (non-hydrogen) atoms. The fraction of sp³-hybridized carbons (Fsp3) is 0.500. The highest BCUT2D eigenvalue weighted by atomic mass is 79.9. The molecule has 1 amide bonds. The predicted octanol–water partition coefficient (Wildman–Crippen LogP) is 2.50. The first-order chi connectivity index (χ1) is 9.80. The topological polar surface area (TPSA) is 80.5 Å². The Morgan fingerprint density at radius 2 is 1.90 bits per heavy atom. The summed E-state index contributed by atoms with van der Waals surface area (Å²) in [6, 6.07) is 4.48. The van der Waals surface area contributed by atoms with E-state index in [1.165, 1.54) is 18.6 Å². The number of amides is 1. The van der Waals surface area contributed by atoms with Gasteiger partial charge in [-0.05, 0) is 47.0 Å². The van der Waals surface area contributed by atoms with E-state index in [1.807, 2.05) is 0 Å². The molecule has 0 saturated heterocycles. The zero-order valence-corrected chi connectivity index (χ0v) is 14.3. The molecule has 0 atom stereocenters. The molecule has 0 radical (unpaired) electrons. The van der Waals surface area contributed by atoms with Gasteiger partial charge in [-0.1, -0.05) is 19.3 Å². The van der Waals surface area contributed by atoms with E-state index in [9.17, 15) is 13.2 Å². The lowest BCUT2D eigenvalue weighted by Gasteiger charge is -2.31. The maximum atomic E-state index is 12.6. The van der Waals surface area contributed by atoms with Crippen LogP contribution in [0.2, 0.25) is 0 Å². The quantitative estimate of drug-likeness (QED) is 0.882. The van der Waals surface area contributed by atoms with Gasteiger partial charge in [-0.25, -0.2) is 13.6 Å². The second kappa shape index (κ2) is 6.46. The molecule has 0 bridgehead atoms. The van der Waals surface area contributed by atoms with Crippen LogP contribution < -0.4 is 5.14 Å². The van der Waals surface area contributed by atoms with Gasteiger partial charge in [0.2, 0.25) is 10.0 Å². The lowest BCUT2D eigenvalue weighted by atomic mass is 9.94. The minimum absolute atomic E-state index is 0.0499. The van der Waals surface area contributed by atoms with E-state index in [-0.39, 0.29) is 16.8 Å². The van der Waals surface area contributed by atoms with Crippen LogP contribution in [0.4, 0.5) is 0 Å². The second-order valence-electron chi connectivity index (χ2n) is 5.39. The molecule has 5 nitrogen and oxygen atoms in total. The van der Waals surface area contributed by atoms with E-state index in [0.717, 1.165) is 25.7 Å². The van der Waals surface area contributed by atoms with E-state index in [2.05, 4.69) is 15.9 Å². The number of halogens is 1. The maximum Gasteiger partial charge on any atom is 0.255 e. The van der Waals surface area contributed by atoms with Crippen molar-refractivity contribution in [1.82, 2.24) is 4.90 Å². The molecule has 0 aliphatic heterocycles. The Labute approximate surface area is 133 Å². The van der Waals surface area contributed by atoms with Crippen molar-refractivity contribution in [2.75, 3.05) is 7.05 Å². The highest BCUT2D eigenvalue weighted by Gasteiger charge is 2.25. The van der Waals surface area contributed by atoms with Gasteiger partial charge in [-0.3, -0.25) is 4.79 Å². The van der Waals surface area contributed by atoms with Crippen LogP contribution in [0.15, 0.2) is 27.6 Å². The van der Waals surface area contributed by atoms with Crippen molar-refractivity contribution in [3.8, 4) is 0 Å². The van der Waals surface area contributed by atoms with Crippen LogP contribution in [0.5, 0.6) is 0 Å². The van der Waals surface area contributed by atoms with Crippen molar-refractivity contribution in [2.24, 2.45) is 5.14 Å². The molecule has 1 aromatic rings. The Kier molecular flexibility index (Phi) is 5.06. The minimum atomic E-state index is -3.82. The Hall–Kier alpha value is -0.920. The second-order valence-corrected chi connectivity index (χ2v) is 7.81. The largest absolute Gasteiger partial charge is 0.339 e. The summed E-state index contributed by atoms with van der Waals surface area (Å²) in [4.78, 5) is 14.3. The molecule has 1 aromatic carbocycles. The Morgan fingerprint density at radius 1 is 1.29 bits per heavy atom. The number of hydrogen-bond donors (Lipinski definition) is 1. The Bertz CT molecular complexity index is 640. The molecule has 116 valence electrons. The monoisotopic (exact) mass is 374 g/mol. The van der Waals surface area contributed by atoms with Gasteiger partial charge in [0, 0.05) is 17.6 Å². The molecule has 0 heterocycles. The van der Waals surface area contributed by atoms with Crippen LogP contribution in [0.1, 0.15) is 42.5 Å². The third-order valence-corrected chi connectivity index (χ3v) is 5.54. The number of carbonyl (C=O) groups is 1. The minimum Gasteiger partial charge on any atom is -0.339 e. The van der Waals surface area contributed by atoms with Crippen molar-refractivity contribution in [3.05, 3.63) is 28.2 Å². The Balaban J connectivity index is 2.29. The SMILES string of the molecule is CN(C(=O)c1cc(S(N)(=O)=O)ccc1Br)C1CCCCC1. The molecule has 2 N–H and O–H groups in total. The summed E-state index contributed by atoms with van der Waals surface area (Å²) in [6.07, 6.45) is 5.45. The Morgan fingerprint density at radius 3 is 2.48 bits per heavy atom. The van der Waals surface area contributed by atoms with Crippen LogP contribution in [0.25, 0.3) is 0 Å². The molecule has 0 aromatic heterocycles. The third-order valence-electron chi connectivity index (χ3n) is 3.94. The van der Waals surface area contributed by atoms with Crippen molar-refractivity contribution in [2.45, 2.75) is 43.0 Å². The van der Waals surface area contributed by atoms with Crippen LogP contribution in [-0.2, 0) is 10.0 Å². The van der Waals surface area contributed by atoms with E-state index in [1.54, 1.807) is 18.0 Å². The zero-order chi connectivity index (χ0) is 15.6. The molecule has 1 aliphatic carbocycles. The molecule has 2 rings (SSSR count). The average molecular weight is 375 g/mol. The van der Waals surface area contributed by atoms with Crippen molar-refractivity contribution in [3.63, 3.8) is 0 Å². The summed E-state index contributed by atoms with van der Waals surface area (Å²) in [5.41, 5.74) is 0.328. The maximum absolute atomic E-state index is 12.6. The lowest BCUT2D eigenvalue weighted by molar-refractivity contribution is 0.0695. The van der Waals surface area contributed by atoms with Gasteiger partial charge in [-0.15, -0.1) is 0 Å². The smallest absolute Gasteiger partial charge is 0.255 e. The summed E-state index contributed by atoms with van der Waals surface area (Å²) in [5.74, 6) is -0.181. The molecule has 0 spiro atoms. The van der Waals surface area contributed by atoms with Crippen LogP contribution in [0.3, 0.4) is 0 Å². The number of hydrogen-bond acceptors (Lipinski definition) is 3. The number of rotatable bonds is 3. The first-order valence-corrected chi connectivity index (χ1v) is 9.24. The number of nitrogens with two attached hydrogens (primary N) is 1. The van der Waals surface area contributed by atoms with Gasteiger partial charge in [0.25, 0.3) is 5.91 Å². The summed E-state index contributed by atoms with van der Waals surface area (Å²) in [7, 11) is -2.05. The number of nitrogens with zero attached hydrogens (tertiary/aromatic N) is 1. The summed E-state index contributed by atoms with van der Waals surface area (Å²) in [6.45, 7) is 0. The summed E-state index contributed by atoms with van der Waals surface area (Å²) in [5, 5.41) is 5.13. The number of benzene rings is 1. The molecular formula is C14H19BrN2O3S. The molecule has 0 unspecified atom stereocenters. The van der Waals surface area contributed by atoms with E-state index in [0.29, 0.717) is 10.0 Å². The molecular weight excluding hydrogens is 356 g/mol. The van der Waals surface area contributed by atoms with Crippen molar-refractivity contribution in [1.29, 1.82) is 0 Å². The van der Waals surface area contributed by atoms with Gasteiger partial charge in [-0.2, -0.15) is 0 Å².